The number of rotatable bonds is 6. The molecule has 1 saturated heterocycles. The number of anilines is 1. The molecule has 1 aliphatic heterocycles. The zero-order valence-corrected chi connectivity index (χ0v) is 19.9. The number of nitrogens with zero attached hydrogens (tertiary/aromatic N) is 2. The van der Waals surface area contributed by atoms with Gasteiger partial charge in [0.15, 0.2) is 0 Å². The molecule has 0 saturated carbocycles. The Morgan fingerprint density at radius 1 is 1.06 bits per heavy atom. The molecule has 2 unspecified atom stereocenters. The van der Waals surface area contributed by atoms with Gasteiger partial charge >= 0.3 is 0 Å². The first-order chi connectivity index (χ1) is 15.1. The second-order valence-electron chi connectivity index (χ2n) is 8.82. The monoisotopic (exact) mass is 457 g/mol. The van der Waals surface area contributed by atoms with E-state index < -0.39 is 10.0 Å². The molecular formula is C24H31N3O4S. The fraction of sp³-hybridized carbons (Fsp3) is 0.417. The molecule has 8 heteroatoms. The second kappa shape index (κ2) is 9.83. The third-order valence-corrected chi connectivity index (χ3v) is 7.58. The lowest BCUT2D eigenvalue weighted by Crippen LogP contribution is -2.42. The Morgan fingerprint density at radius 2 is 1.69 bits per heavy atom. The van der Waals surface area contributed by atoms with E-state index in [-0.39, 0.29) is 16.7 Å². The Kier molecular flexibility index (Phi) is 7.36. The molecule has 172 valence electrons. The van der Waals surface area contributed by atoms with Crippen LogP contribution in [-0.2, 0) is 21.4 Å². The van der Waals surface area contributed by atoms with Gasteiger partial charge in [0.05, 0.1) is 4.90 Å². The summed E-state index contributed by atoms with van der Waals surface area (Å²) in [5.41, 5.74) is 1.87. The van der Waals surface area contributed by atoms with Crippen LogP contribution in [0.15, 0.2) is 53.4 Å². The highest BCUT2D eigenvalue weighted by molar-refractivity contribution is 7.89. The maximum Gasteiger partial charge on any atom is 0.255 e. The molecule has 0 spiro atoms. The maximum absolute atomic E-state index is 13.0. The average Bonchev–Trinajstić information content (AvgIpc) is 2.73. The van der Waals surface area contributed by atoms with Gasteiger partial charge < -0.3 is 10.2 Å². The molecular weight excluding hydrogens is 426 g/mol. The molecule has 0 radical (unpaired) electrons. The van der Waals surface area contributed by atoms with Gasteiger partial charge in [0.25, 0.3) is 5.91 Å². The molecule has 1 N–H and O–H groups in total. The second-order valence-corrected chi connectivity index (χ2v) is 10.8. The topological polar surface area (TPSA) is 86.8 Å². The normalized spacial score (nSPS) is 19.4. The van der Waals surface area contributed by atoms with Crippen molar-refractivity contribution < 1.29 is 18.0 Å². The van der Waals surface area contributed by atoms with Crippen molar-refractivity contribution in [1.82, 2.24) is 9.21 Å². The summed E-state index contributed by atoms with van der Waals surface area (Å²) in [5, 5.41) is 2.83. The molecule has 2 atom stereocenters. The minimum absolute atomic E-state index is 0.0389. The molecule has 2 aromatic carbocycles. The summed E-state index contributed by atoms with van der Waals surface area (Å²) >= 11 is 0. The van der Waals surface area contributed by atoms with E-state index in [0.717, 1.165) is 12.0 Å². The Bertz CT molecular complexity index is 1070. The van der Waals surface area contributed by atoms with Gasteiger partial charge in [-0.05, 0) is 60.2 Å². The van der Waals surface area contributed by atoms with Gasteiger partial charge in [0.2, 0.25) is 15.9 Å². The minimum Gasteiger partial charge on any atom is -0.342 e. The number of hydrogen-bond donors (Lipinski definition) is 1. The number of piperidine rings is 1. The van der Waals surface area contributed by atoms with Crippen molar-refractivity contribution in [2.24, 2.45) is 11.8 Å². The number of carbonyl (C=O) groups excluding carboxylic acids is 2. The zero-order valence-electron chi connectivity index (χ0n) is 19.0. The summed E-state index contributed by atoms with van der Waals surface area (Å²) in [6.45, 7) is 7.12. The summed E-state index contributed by atoms with van der Waals surface area (Å²) in [6, 6.07) is 13.3. The van der Waals surface area contributed by atoms with Crippen LogP contribution in [0.3, 0.4) is 0 Å². The van der Waals surface area contributed by atoms with Crippen LogP contribution in [0.5, 0.6) is 0 Å². The van der Waals surface area contributed by atoms with Gasteiger partial charge in [-0.25, -0.2) is 8.42 Å². The van der Waals surface area contributed by atoms with Crippen molar-refractivity contribution in [3.05, 3.63) is 59.7 Å². The van der Waals surface area contributed by atoms with Crippen LogP contribution in [0, 0.1) is 11.8 Å². The fourth-order valence-corrected chi connectivity index (χ4v) is 5.74. The van der Waals surface area contributed by atoms with E-state index in [0.29, 0.717) is 42.7 Å². The summed E-state index contributed by atoms with van der Waals surface area (Å²) in [5.74, 6) is 0.281. The van der Waals surface area contributed by atoms with E-state index in [2.05, 4.69) is 19.2 Å². The molecule has 32 heavy (non-hydrogen) atoms. The molecule has 0 aromatic heterocycles. The highest BCUT2D eigenvalue weighted by atomic mass is 32.2. The van der Waals surface area contributed by atoms with Crippen LogP contribution in [0.2, 0.25) is 0 Å². The summed E-state index contributed by atoms with van der Waals surface area (Å²) in [7, 11) is -1.87. The van der Waals surface area contributed by atoms with E-state index in [1.165, 1.54) is 31.2 Å². The molecule has 2 amide bonds. The first-order valence-corrected chi connectivity index (χ1v) is 12.2. The maximum atomic E-state index is 13.0. The highest BCUT2D eigenvalue weighted by Gasteiger charge is 2.31. The smallest absolute Gasteiger partial charge is 0.255 e. The van der Waals surface area contributed by atoms with Crippen LogP contribution in [0.25, 0.3) is 0 Å². The first-order valence-electron chi connectivity index (χ1n) is 10.8. The molecule has 2 aromatic rings. The van der Waals surface area contributed by atoms with E-state index in [1.807, 2.05) is 18.2 Å². The van der Waals surface area contributed by atoms with Crippen molar-refractivity contribution >= 4 is 27.5 Å². The van der Waals surface area contributed by atoms with Crippen LogP contribution in [-0.4, -0.2) is 49.6 Å². The number of hydrogen-bond acceptors (Lipinski definition) is 4. The first kappa shape index (κ1) is 23.9. The summed E-state index contributed by atoms with van der Waals surface area (Å²) < 4.78 is 27.6. The Labute approximate surface area is 190 Å². The fourth-order valence-electron chi connectivity index (χ4n) is 4.07. The highest BCUT2D eigenvalue weighted by Crippen LogP contribution is 2.27. The van der Waals surface area contributed by atoms with E-state index in [1.54, 1.807) is 22.3 Å². The molecule has 0 aliphatic carbocycles. The number of benzene rings is 2. The van der Waals surface area contributed by atoms with Crippen molar-refractivity contribution in [1.29, 1.82) is 0 Å². The lowest BCUT2D eigenvalue weighted by molar-refractivity contribution is -0.128. The molecule has 1 heterocycles. The predicted molar refractivity (Wildman–Crippen MR) is 125 cm³/mol. The van der Waals surface area contributed by atoms with Gasteiger partial charge in [-0.3, -0.25) is 9.59 Å². The quantitative estimate of drug-likeness (QED) is 0.718. The lowest BCUT2D eigenvalue weighted by Gasteiger charge is -2.34. The Morgan fingerprint density at radius 3 is 2.28 bits per heavy atom. The largest absolute Gasteiger partial charge is 0.342 e. The lowest BCUT2D eigenvalue weighted by atomic mass is 9.94. The van der Waals surface area contributed by atoms with Gasteiger partial charge in [-0.15, -0.1) is 0 Å². The molecule has 0 bridgehead atoms. The van der Waals surface area contributed by atoms with E-state index in [4.69, 9.17) is 0 Å². The molecule has 3 rings (SSSR count). The van der Waals surface area contributed by atoms with Gasteiger partial charge in [0, 0.05) is 44.9 Å². The number of nitrogens with one attached hydrogen (secondary N) is 1. The van der Waals surface area contributed by atoms with E-state index >= 15 is 0 Å². The van der Waals surface area contributed by atoms with Crippen molar-refractivity contribution in [2.75, 3.05) is 25.5 Å². The van der Waals surface area contributed by atoms with Crippen molar-refractivity contribution in [2.45, 2.75) is 38.6 Å². The number of amides is 2. The van der Waals surface area contributed by atoms with Crippen LogP contribution >= 0.6 is 0 Å². The predicted octanol–water partition coefficient (Wildman–Crippen LogP) is 3.58. The standard InChI is InChI=1S/C24H31N3O4S/c1-17-12-18(2)15-27(14-17)32(30,31)23-10-8-21(9-11-23)24(29)25-22-7-5-6-20(13-22)16-26(4)19(3)28/h5-11,13,17-18H,12,14-16H2,1-4H3,(H,25,29). The van der Waals surface area contributed by atoms with Crippen LogP contribution in [0.4, 0.5) is 5.69 Å². The van der Waals surface area contributed by atoms with Gasteiger partial charge in [0.1, 0.15) is 0 Å². The molecule has 7 nitrogen and oxygen atoms in total. The summed E-state index contributed by atoms with van der Waals surface area (Å²) in [4.78, 5) is 25.9. The summed E-state index contributed by atoms with van der Waals surface area (Å²) in [6.07, 6.45) is 1.03. The third-order valence-electron chi connectivity index (χ3n) is 5.73. The van der Waals surface area contributed by atoms with Gasteiger partial charge in [-0.1, -0.05) is 26.0 Å². The number of sulfonamides is 1. The zero-order chi connectivity index (χ0) is 23.5. The van der Waals surface area contributed by atoms with Crippen LogP contribution in [0.1, 0.15) is 43.1 Å². The van der Waals surface area contributed by atoms with Gasteiger partial charge in [-0.2, -0.15) is 4.31 Å². The Balaban J connectivity index is 1.70. The SMILES string of the molecule is CC(=O)N(C)Cc1cccc(NC(=O)c2ccc(S(=O)(=O)N3CC(C)CC(C)C3)cc2)c1. The van der Waals surface area contributed by atoms with Crippen molar-refractivity contribution in [3.8, 4) is 0 Å². The van der Waals surface area contributed by atoms with E-state index in [9.17, 15) is 18.0 Å². The minimum atomic E-state index is -3.58. The Hall–Kier alpha value is -2.71. The van der Waals surface area contributed by atoms with Crippen molar-refractivity contribution in [3.63, 3.8) is 0 Å². The third kappa shape index (κ3) is 5.75. The average molecular weight is 458 g/mol. The molecule has 1 fully saturated rings. The number of carbonyl (C=O) groups is 2. The molecule has 1 aliphatic rings. The van der Waals surface area contributed by atoms with Crippen LogP contribution < -0.4 is 5.32 Å².